The number of carbonyl (C=O) groups excluding carboxylic acids is 1. The van der Waals surface area contributed by atoms with Gasteiger partial charge in [0.1, 0.15) is 11.8 Å². The Kier molecular flexibility index (Phi) is 5.00. The van der Waals surface area contributed by atoms with Crippen LogP contribution in [0, 0.1) is 13.8 Å². The van der Waals surface area contributed by atoms with Crippen molar-refractivity contribution in [2.24, 2.45) is 0 Å². The van der Waals surface area contributed by atoms with E-state index in [1.54, 1.807) is 17.6 Å². The van der Waals surface area contributed by atoms with Gasteiger partial charge in [-0.3, -0.25) is 4.68 Å². The van der Waals surface area contributed by atoms with Crippen molar-refractivity contribution in [1.82, 2.24) is 20.4 Å². The SMILES string of the molecule is Cc1cc(C)n([C@@H](CNC(=O)NCc2cccs2)c2ccco2)n1. The van der Waals surface area contributed by atoms with Crippen molar-refractivity contribution in [1.29, 1.82) is 0 Å². The Balaban J connectivity index is 1.64. The number of aryl methyl sites for hydroxylation is 2. The van der Waals surface area contributed by atoms with Crippen LogP contribution >= 0.6 is 11.3 Å². The molecule has 0 radical (unpaired) electrons. The summed E-state index contributed by atoms with van der Waals surface area (Å²) >= 11 is 1.62. The molecule has 0 bridgehead atoms. The third kappa shape index (κ3) is 3.86. The van der Waals surface area contributed by atoms with Gasteiger partial charge in [-0.05, 0) is 43.5 Å². The van der Waals surface area contributed by atoms with Crippen molar-refractivity contribution >= 4 is 17.4 Å². The zero-order chi connectivity index (χ0) is 16.9. The third-order valence-corrected chi connectivity index (χ3v) is 4.55. The first kappa shape index (κ1) is 16.3. The number of hydrogen-bond donors (Lipinski definition) is 2. The van der Waals surface area contributed by atoms with E-state index in [0.717, 1.165) is 22.0 Å². The Morgan fingerprint density at radius 1 is 1.33 bits per heavy atom. The number of aromatic nitrogens is 2. The molecule has 0 unspecified atom stereocenters. The number of amides is 2. The lowest BCUT2D eigenvalue weighted by Gasteiger charge is -2.18. The fourth-order valence-electron chi connectivity index (χ4n) is 2.58. The highest BCUT2D eigenvalue weighted by Crippen LogP contribution is 2.20. The maximum absolute atomic E-state index is 12.1. The molecule has 6 nitrogen and oxygen atoms in total. The first-order valence-corrected chi connectivity index (χ1v) is 8.61. The average Bonchev–Trinajstić information content (AvgIpc) is 3.29. The molecule has 126 valence electrons. The summed E-state index contributed by atoms with van der Waals surface area (Å²) in [5, 5.41) is 12.3. The molecule has 0 fully saturated rings. The second-order valence-electron chi connectivity index (χ2n) is 5.55. The highest BCUT2D eigenvalue weighted by atomic mass is 32.1. The highest BCUT2D eigenvalue weighted by Gasteiger charge is 2.20. The number of thiophene rings is 1. The molecule has 24 heavy (non-hydrogen) atoms. The van der Waals surface area contributed by atoms with Crippen LogP contribution in [-0.4, -0.2) is 22.4 Å². The molecule has 7 heteroatoms. The van der Waals surface area contributed by atoms with Crippen LogP contribution in [0.1, 0.15) is 28.1 Å². The van der Waals surface area contributed by atoms with E-state index in [-0.39, 0.29) is 12.1 Å². The predicted octanol–water partition coefficient (Wildman–Crippen LogP) is 3.24. The molecule has 3 aromatic heterocycles. The van der Waals surface area contributed by atoms with E-state index in [2.05, 4.69) is 15.7 Å². The van der Waals surface area contributed by atoms with Crippen LogP contribution in [-0.2, 0) is 6.54 Å². The molecule has 0 aliphatic carbocycles. The fraction of sp³-hybridized carbons (Fsp3) is 0.294. The maximum Gasteiger partial charge on any atom is 0.315 e. The standard InChI is InChI=1S/C17H20N4O2S/c1-12-9-13(2)21(20-12)15(16-6-3-7-23-16)11-19-17(22)18-10-14-5-4-8-24-14/h3-9,15H,10-11H2,1-2H3,(H2,18,19,22)/t15-/m0/s1. The van der Waals surface area contributed by atoms with E-state index in [1.807, 2.05) is 54.2 Å². The van der Waals surface area contributed by atoms with E-state index in [4.69, 9.17) is 4.42 Å². The second-order valence-corrected chi connectivity index (χ2v) is 6.58. The molecule has 0 aliphatic rings. The molecule has 2 N–H and O–H groups in total. The largest absolute Gasteiger partial charge is 0.467 e. The number of furan rings is 1. The topological polar surface area (TPSA) is 72.1 Å². The van der Waals surface area contributed by atoms with Gasteiger partial charge in [0.25, 0.3) is 0 Å². The van der Waals surface area contributed by atoms with E-state index in [0.29, 0.717) is 13.1 Å². The van der Waals surface area contributed by atoms with Crippen LogP contribution in [0.25, 0.3) is 0 Å². The minimum absolute atomic E-state index is 0.179. The minimum Gasteiger partial charge on any atom is -0.467 e. The monoisotopic (exact) mass is 344 g/mol. The molecule has 3 aromatic rings. The van der Waals surface area contributed by atoms with Crippen LogP contribution in [0.2, 0.25) is 0 Å². The normalized spacial score (nSPS) is 12.1. The molecule has 0 spiro atoms. The second kappa shape index (κ2) is 7.35. The van der Waals surface area contributed by atoms with Crippen LogP contribution < -0.4 is 10.6 Å². The molecule has 0 aliphatic heterocycles. The Morgan fingerprint density at radius 3 is 2.83 bits per heavy atom. The molecule has 3 heterocycles. The molecule has 3 rings (SSSR count). The molecule has 1 atom stereocenters. The first-order chi connectivity index (χ1) is 11.6. The van der Waals surface area contributed by atoms with Crippen molar-refractivity contribution in [3.05, 3.63) is 64.0 Å². The van der Waals surface area contributed by atoms with Crippen molar-refractivity contribution in [3.63, 3.8) is 0 Å². The van der Waals surface area contributed by atoms with Crippen LogP contribution in [0.5, 0.6) is 0 Å². The van der Waals surface area contributed by atoms with Gasteiger partial charge in [0.15, 0.2) is 0 Å². The Hall–Kier alpha value is -2.54. The third-order valence-electron chi connectivity index (χ3n) is 3.67. The van der Waals surface area contributed by atoms with E-state index < -0.39 is 0 Å². The van der Waals surface area contributed by atoms with Crippen molar-refractivity contribution < 1.29 is 9.21 Å². The van der Waals surface area contributed by atoms with Crippen LogP contribution in [0.3, 0.4) is 0 Å². The zero-order valence-electron chi connectivity index (χ0n) is 13.7. The van der Waals surface area contributed by atoms with Gasteiger partial charge in [-0.15, -0.1) is 11.3 Å². The summed E-state index contributed by atoms with van der Waals surface area (Å²) in [7, 11) is 0. The van der Waals surface area contributed by atoms with Crippen LogP contribution in [0.15, 0.2) is 46.4 Å². The molecule has 0 saturated heterocycles. The Labute approximate surface area is 144 Å². The van der Waals surface area contributed by atoms with Gasteiger partial charge in [0.05, 0.1) is 18.5 Å². The smallest absolute Gasteiger partial charge is 0.315 e. The van der Waals surface area contributed by atoms with Gasteiger partial charge in [-0.2, -0.15) is 5.10 Å². The molecular formula is C17H20N4O2S. The maximum atomic E-state index is 12.1. The summed E-state index contributed by atoms with van der Waals surface area (Å²) in [6.45, 7) is 4.86. The van der Waals surface area contributed by atoms with Gasteiger partial charge in [0.2, 0.25) is 0 Å². The lowest BCUT2D eigenvalue weighted by atomic mass is 10.2. The van der Waals surface area contributed by atoms with E-state index in [1.165, 1.54) is 0 Å². The van der Waals surface area contributed by atoms with Gasteiger partial charge in [-0.1, -0.05) is 6.07 Å². The lowest BCUT2D eigenvalue weighted by molar-refractivity contribution is 0.238. The summed E-state index contributed by atoms with van der Waals surface area (Å²) in [4.78, 5) is 13.2. The summed E-state index contributed by atoms with van der Waals surface area (Å²) in [5.74, 6) is 0.764. The minimum atomic E-state index is -0.207. The van der Waals surface area contributed by atoms with E-state index in [9.17, 15) is 4.79 Å². The number of urea groups is 1. The summed E-state index contributed by atoms with van der Waals surface area (Å²) in [6.07, 6.45) is 1.63. The number of rotatable bonds is 6. The predicted molar refractivity (Wildman–Crippen MR) is 93.1 cm³/mol. The lowest BCUT2D eigenvalue weighted by Crippen LogP contribution is -2.38. The van der Waals surface area contributed by atoms with Gasteiger partial charge < -0.3 is 15.1 Å². The average molecular weight is 344 g/mol. The van der Waals surface area contributed by atoms with Crippen molar-refractivity contribution in [2.45, 2.75) is 26.4 Å². The fourth-order valence-corrected chi connectivity index (χ4v) is 3.23. The van der Waals surface area contributed by atoms with Crippen LogP contribution in [0.4, 0.5) is 4.79 Å². The highest BCUT2D eigenvalue weighted by molar-refractivity contribution is 7.09. The van der Waals surface area contributed by atoms with Gasteiger partial charge in [-0.25, -0.2) is 4.79 Å². The van der Waals surface area contributed by atoms with Crippen molar-refractivity contribution in [3.8, 4) is 0 Å². The number of hydrogen-bond acceptors (Lipinski definition) is 4. The zero-order valence-corrected chi connectivity index (χ0v) is 14.5. The molecule has 0 aromatic carbocycles. The Bertz CT molecular complexity index is 778. The van der Waals surface area contributed by atoms with Gasteiger partial charge >= 0.3 is 6.03 Å². The summed E-state index contributed by atoms with van der Waals surface area (Å²) in [5.41, 5.74) is 1.96. The summed E-state index contributed by atoms with van der Waals surface area (Å²) < 4.78 is 7.42. The number of carbonyl (C=O) groups is 1. The Morgan fingerprint density at radius 2 is 2.21 bits per heavy atom. The first-order valence-electron chi connectivity index (χ1n) is 7.73. The summed E-state index contributed by atoms with van der Waals surface area (Å²) in [6, 6.07) is 9.31. The number of nitrogens with zero attached hydrogens (tertiary/aromatic N) is 2. The number of nitrogens with one attached hydrogen (secondary N) is 2. The van der Waals surface area contributed by atoms with E-state index >= 15 is 0 Å². The molecular weight excluding hydrogens is 324 g/mol. The molecule has 0 saturated carbocycles. The van der Waals surface area contributed by atoms with Gasteiger partial charge in [0, 0.05) is 17.1 Å². The quantitative estimate of drug-likeness (QED) is 0.721. The molecule has 2 amide bonds. The van der Waals surface area contributed by atoms with Crippen molar-refractivity contribution in [2.75, 3.05) is 6.54 Å².